The van der Waals surface area contributed by atoms with Crippen molar-refractivity contribution in [2.75, 3.05) is 5.32 Å². The number of benzene rings is 1. The summed E-state index contributed by atoms with van der Waals surface area (Å²) in [5.41, 5.74) is 1.28. The van der Waals surface area contributed by atoms with Gasteiger partial charge >= 0.3 is 0 Å². The molecule has 0 fully saturated rings. The molecular weight excluding hydrogens is 391 g/mol. The molecule has 1 amide bonds. The number of carbonyl (C=O) groups is 1. The minimum absolute atomic E-state index is 0.331. The summed E-state index contributed by atoms with van der Waals surface area (Å²) in [7, 11) is 0. The summed E-state index contributed by atoms with van der Waals surface area (Å²) >= 11 is 0. The van der Waals surface area contributed by atoms with Crippen LogP contribution in [-0.2, 0) is 4.79 Å². The van der Waals surface area contributed by atoms with Gasteiger partial charge in [0.15, 0.2) is 11.5 Å². The van der Waals surface area contributed by atoms with Crippen molar-refractivity contribution in [2.24, 2.45) is 0 Å². The van der Waals surface area contributed by atoms with E-state index in [0.717, 1.165) is 4.68 Å². The lowest BCUT2D eigenvalue weighted by molar-refractivity contribution is -0.119. The highest BCUT2D eigenvalue weighted by atomic mass is 19.1. The normalized spacial score (nSPS) is 12.0. The Morgan fingerprint density at radius 2 is 1.93 bits per heavy atom. The lowest BCUT2D eigenvalue weighted by Gasteiger charge is -2.16. The van der Waals surface area contributed by atoms with Crippen LogP contribution < -0.4 is 10.9 Å². The first-order chi connectivity index (χ1) is 14.4. The van der Waals surface area contributed by atoms with Crippen LogP contribution in [0.4, 0.5) is 10.1 Å². The fourth-order valence-electron chi connectivity index (χ4n) is 2.91. The van der Waals surface area contributed by atoms with E-state index < -0.39 is 23.3 Å². The number of halogens is 1. The number of amides is 1. The summed E-state index contributed by atoms with van der Waals surface area (Å²) in [5, 5.41) is 10.9. The zero-order valence-corrected chi connectivity index (χ0v) is 16.1. The maximum atomic E-state index is 13.1. The van der Waals surface area contributed by atoms with Crippen molar-refractivity contribution in [3.05, 3.63) is 76.7 Å². The monoisotopic (exact) mass is 408 g/mol. The maximum absolute atomic E-state index is 13.1. The molecule has 0 bridgehead atoms. The molecule has 30 heavy (non-hydrogen) atoms. The van der Waals surface area contributed by atoms with Crippen LogP contribution in [0.1, 0.15) is 18.7 Å². The Labute approximate surface area is 169 Å². The lowest BCUT2D eigenvalue weighted by atomic mass is 10.1. The maximum Gasteiger partial charge on any atom is 0.268 e. The average Bonchev–Trinajstić information content (AvgIpc) is 3.41. The summed E-state index contributed by atoms with van der Waals surface area (Å²) in [6, 6.07) is 10.8. The van der Waals surface area contributed by atoms with Gasteiger partial charge < -0.3 is 14.3 Å². The van der Waals surface area contributed by atoms with Crippen LogP contribution in [0.5, 0.6) is 0 Å². The number of anilines is 1. The largest absolute Gasteiger partial charge is 0.463 e. The number of hydrogen-bond donors (Lipinski definition) is 1. The highest BCUT2D eigenvalue weighted by Crippen LogP contribution is 2.30. The molecule has 3 heterocycles. The van der Waals surface area contributed by atoms with Crippen molar-refractivity contribution < 1.29 is 18.1 Å². The molecular formula is C21H17FN4O4. The summed E-state index contributed by atoms with van der Waals surface area (Å²) < 4.78 is 24.9. The van der Waals surface area contributed by atoms with E-state index in [2.05, 4.69) is 15.6 Å². The van der Waals surface area contributed by atoms with Gasteiger partial charge in [-0.3, -0.25) is 9.59 Å². The van der Waals surface area contributed by atoms with Gasteiger partial charge in [0.05, 0.1) is 17.5 Å². The van der Waals surface area contributed by atoms with E-state index in [4.69, 9.17) is 8.94 Å². The summed E-state index contributed by atoms with van der Waals surface area (Å²) in [5.74, 6) is -0.136. The van der Waals surface area contributed by atoms with E-state index in [-0.39, 0.29) is 0 Å². The highest BCUT2D eigenvalue weighted by molar-refractivity contribution is 5.93. The smallest absolute Gasteiger partial charge is 0.268 e. The minimum Gasteiger partial charge on any atom is -0.463 e. The lowest BCUT2D eigenvalue weighted by Crippen LogP contribution is -2.33. The molecule has 0 aliphatic heterocycles. The first-order valence-corrected chi connectivity index (χ1v) is 9.10. The molecule has 0 saturated heterocycles. The zero-order valence-electron chi connectivity index (χ0n) is 16.1. The van der Waals surface area contributed by atoms with Crippen molar-refractivity contribution in [1.29, 1.82) is 0 Å². The number of furan rings is 1. The van der Waals surface area contributed by atoms with Crippen LogP contribution in [0.15, 0.2) is 68.5 Å². The average molecular weight is 408 g/mol. The first-order valence-electron chi connectivity index (χ1n) is 9.10. The van der Waals surface area contributed by atoms with Crippen LogP contribution in [0.2, 0.25) is 0 Å². The second-order valence-corrected chi connectivity index (χ2v) is 6.67. The topological polar surface area (TPSA) is 103 Å². The van der Waals surface area contributed by atoms with E-state index in [1.165, 1.54) is 43.5 Å². The molecule has 1 atom stereocenters. The molecule has 0 saturated carbocycles. The fourth-order valence-corrected chi connectivity index (χ4v) is 2.91. The number of rotatable bonds is 5. The van der Waals surface area contributed by atoms with Crippen molar-refractivity contribution in [1.82, 2.24) is 14.9 Å². The number of nitrogens with one attached hydrogen (secondary N) is 1. The van der Waals surface area contributed by atoms with Gasteiger partial charge in [0.1, 0.15) is 17.6 Å². The second kappa shape index (κ2) is 7.78. The SMILES string of the molecule is Cc1cc(-c2cc(=O)n(C(C)C(=O)Nc3ccc(F)cc3)nc2-c2ccco2)on1. The molecule has 4 aromatic rings. The van der Waals surface area contributed by atoms with E-state index in [0.29, 0.717) is 34.2 Å². The van der Waals surface area contributed by atoms with E-state index in [1.54, 1.807) is 25.1 Å². The number of hydrogen-bond acceptors (Lipinski definition) is 6. The van der Waals surface area contributed by atoms with Gasteiger partial charge in [-0.15, -0.1) is 0 Å². The van der Waals surface area contributed by atoms with Gasteiger partial charge in [0, 0.05) is 17.8 Å². The van der Waals surface area contributed by atoms with Gasteiger partial charge in [-0.2, -0.15) is 5.10 Å². The predicted molar refractivity (Wildman–Crippen MR) is 106 cm³/mol. The van der Waals surface area contributed by atoms with Gasteiger partial charge in [0.2, 0.25) is 5.91 Å². The Hall–Kier alpha value is -4.01. The zero-order chi connectivity index (χ0) is 21.3. The molecule has 0 aliphatic carbocycles. The Morgan fingerprint density at radius 1 is 1.17 bits per heavy atom. The number of carbonyl (C=O) groups excluding carboxylic acids is 1. The minimum atomic E-state index is -0.943. The van der Waals surface area contributed by atoms with Crippen molar-refractivity contribution in [3.8, 4) is 22.8 Å². The standard InChI is InChI=1S/C21H17FN4O4/c1-12-10-18(30-25-12)16-11-19(27)26(24-20(16)17-4-3-9-29-17)13(2)21(28)23-15-7-5-14(22)6-8-15/h3-11,13H,1-2H3,(H,23,28). The van der Waals surface area contributed by atoms with Gasteiger partial charge in [-0.25, -0.2) is 9.07 Å². The van der Waals surface area contributed by atoms with E-state index in [9.17, 15) is 14.0 Å². The van der Waals surface area contributed by atoms with Crippen molar-refractivity contribution >= 4 is 11.6 Å². The molecule has 3 aromatic heterocycles. The third-order valence-corrected chi connectivity index (χ3v) is 4.46. The van der Waals surface area contributed by atoms with Crippen LogP contribution in [0.3, 0.4) is 0 Å². The number of nitrogens with zero attached hydrogens (tertiary/aromatic N) is 3. The molecule has 0 spiro atoms. The van der Waals surface area contributed by atoms with Crippen molar-refractivity contribution in [2.45, 2.75) is 19.9 Å². The van der Waals surface area contributed by atoms with Crippen LogP contribution >= 0.6 is 0 Å². The Morgan fingerprint density at radius 3 is 2.57 bits per heavy atom. The summed E-state index contributed by atoms with van der Waals surface area (Å²) in [6.07, 6.45) is 1.48. The highest BCUT2D eigenvalue weighted by Gasteiger charge is 2.23. The van der Waals surface area contributed by atoms with Gasteiger partial charge in [-0.05, 0) is 50.2 Å². The van der Waals surface area contributed by atoms with Gasteiger partial charge in [0.25, 0.3) is 5.56 Å². The molecule has 9 heteroatoms. The van der Waals surface area contributed by atoms with E-state index in [1.807, 2.05) is 0 Å². The van der Waals surface area contributed by atoms with Crippen LogP contribution in [0.25, 0.3) is 22.8 Å². The molecule has 1 unspecified atom stereocenters. The first kappa shape index (κ1) is 19.3. The summed E-state index contributed by atoms with van der Waals surface area (Å²) in [4.78, 5) is 25.4. The fraction of sp³-hybridized carbons (Fsp3) is 0.143. The number of aromatic nitrogens is 3. The predicted octanol–water partition coefficient (Wildman–Crippen LogP) is 3.81. The quantitative estimate of drug-likeness (QED) is 0.539. The molecule has 0 radical (unpaired) electrons. The Balaban J connectivity index is 1.73. The molecule has 0 aliphatic rings. The van der Waals surface area contributed by atoms with E-state index >= 15 is 0 Å². The molecule has 4 rings (SSSR count). The third kappa shape index (κ3) is 3.77. The second-order valence-electron chi connectivity index (χ2n) is 6.67. The molecule has 1 N–H and O–H groups in total. The Bertz CT molecular complexity index is 1240. The van der Waals surface area contributed by atoms with Gasteiger partial charge in [-0.1, -0.05) is 5.16 Å². The third-order valence-electron chi connectivity index (χ3n) is 4.46. The number of aryl methyl sites for hydroxylation is 1. The van der Waals surface area contributed by atoms with Crippen LogP contribution in [-0.4, -0.2) is 20.8 Å². The molecule has 1 aromatic carbocycles. The summed E-state index contributed by atoms with van der Waals surface area (Å²) in [6.45, 7) is 3.30. The van der Waals surface area contributed by atoms with Crippen molar-refractivity contribution in [3.63, 3.8) is 0 Å². The Kier molecular flexibility index (Phi) is 5.01. The molecule has 8 nitrogen and oxygen atoms in total. The van der Waals surface area contributed by atoms with Crippen LogP contribution in [0, 0.1) is 12.7 Å². The molecule has 152 valence electrons.